The molecule has 0 aliphatic rings. The highest BCUT2D eigenvalue weighted by molar-refractivity contribution is 9.10. The fourth-order valence-corrected chi connectivity index (χ4v) is 2.20. The van der Waals surface area contributed by atoms with Gasteiger partial charge in [0.1, 0.15) is 6.10 Å². The van der Waals surface area contributed by atoms with Gasteiger partial charge < -0.3 is 5.11 Å². The third-order valence-corrected chi connectivity index (χ3v) is 3.20. The largest absolute Gasteiger partial charge is 0.382 e. The van der Waals surface area contributed by atoms with Gasteiger partial charge in [-0.25, -0.2) is 0 Å². The minimum Gasteiger partial charge on any atom is -0.382 e. The molecule has 0 aliphatic heterocycles. The zero-order valence-electron chi connectivity index (χ0n) is 9.18. The first-order valence-corrected chi connectivity index (χ1v) is 5.81. The van der Waals surface area contributed by atoms with Crippen molar-refractivity contribution in [3.8, 4) is 0 Å². The molecule has 1 atom stereocenters. The van der Waals surface area contributed by atoms with Crippen LogP contribution in [-0.2, 0) is 7.05 Å². The van der Waals surface area contributed by atoms with Gasteiger partial charge in [0.2, 0.25) is 0 Å². The summed E-state index contributed by atoms with van der Waals surface area (Å²) in [6.45, 7) is 2.02. The van der Waals surface area contributed by atoms with Crippen LogP contribution < -0.4 is 0 Å². The highest BCUT2D eigenvalue weighted by Gasteiger charge is 2.17. The molecule has 0 saturated carbocycles. The third kappa shape index (κ3) is 2.03. The normalized spacial score (nSPS) is 12.8. The Kier molecular flexibility index (Phi) is 3.12. The minimum atomic E-state index is -0.650. The van der Waals surface area contributed by atoms with E-state index in [1.54, 1.807) is 10.9 Å². The number of rotatable bonds is 2. The molecular weight excluding hydrogens is 268 g/mol. The second-order valence-corrected chi connectivity index (χ2v) is 4.67. The maximum atomic E-state index is 10.2. The molecule has 16 heavy (non-hydrogen) atoms. The first kappa shape index (κ1) is 11.4. The summed E-state index contributed by atoms with van der Waals surface area (Å²) in [6, 6.07) is 7.84. The van der Waals surface area contributed by atoms with Crippen molar-refractivity contribution in [3.63, 3.8) is 0 Å². The fourth-order valence-electron chi connectivity index (χ4n) is 1.63. The number of nitrogens with zero attached hydrogens (tertiary/aromatic N) is 2. The number of halogens is 1. The van der Waals surface area contributed by atoms with Crippen LogP contribution >= 0.6 is 15.9 Å². The van der Waals surface area contributed by atoms with E-state index in [9.17, 15) is 5.11 Å². The van der Waals surface area contributed by atoms with Gasteiger partial charge in [-0.3, -0.25) is 4.68 Å². The minimum absolute atomic E-state index is 0.650. The predicted octanol–water partition coefficient (Wildman–Crippen LogP) is 2.57. The number of aromatic nitrogens is 2. The van der Waals surface area contributed by atoms with E-state index in [1.165, 1.54) is 5.56 Å². The lowest BCUT2D eigenvalue weighted by Gasteiger charge is -2.12. The molecule has 1 N–H and O–H groups in total. The summed E-state index contributed by atoms with van der Waals surface area (Å²) in [6.07, 6.45) is 1.04. The maximum absolute atomic E-state index is 10.2. The van der Waals surface area contributed by atoms with E-state index >= 15 is 0 Å². The van der Waals surface area contributed by atoms with Gasteiger partial charge >= 0.3 is 0 Å². The molecule has 1 aromatic carbocycles. The smallest absolute Gasteiger partial charge is 0.122 e. The Balaban J connectivity index is 2.39. The monoisotopic (exact) mass is 280 g/mol. The Morgan fingerprint density at radius 2 is 1.94 bits per heavy atom. The number of aryl methyl sites for hydroxylation is 2. The molecule has 2 rings (SSSR count). The molecule has 4 heteroatoms. The van der Waals surface area contributed by atoms with Gasteiger partial charge in [-0.15, -0.1) is 0 Å². The van der Waals surface area contributed by atoms with Gasteiger partial charge in [0.05, 0.1) is 16.4 Å². The molecule has 1 heterocycles. The zero-order valence-corrected chi connectivity index (χ0v) is 10.8. The van der Waals surface area contributed by atoms with Gasteiger partial charge in [-0.05, 0) is 28.4 Å². The van der Waals surface area contributed by atoms with Crippen molar-refractivity contribution in [2.75, 3.05) is 0 Å². The summed E-state index contributed by atoms with van der Waals surface area (Å²) in [5, 5.41) is 14.3. The molecule has 0 amide bonds. The lowest BCUT2D eigenvalue weighted by atomic mass is 10.1. The van der Waals surface area contributed by atoms with Crippen LogP contribution in [0, 0.1) is 6.92 Å². The highest BCUT2D eigenvalue weighted by Crippen LogP contribution is 2.27. The van der Waals surface area contributed by atoms with Crippen molar-refractivity contribution in [1.29, 1.82) is 0 Å². The molecule has 0 fully saturated rings. The average Bonchev–Trinajstić information content (AvgIpc) is 2.59. The molecule has 0 bridgehead atoms. The molecule has 84 valence electrons. The summed E-state index contributed by atoms with van der Waals surface area (Å²) < 4.78 is 2.50. The molecule has 2 aromatic rings. The van der Waals surface area contributed by atoms with Crippen LogP contribution in [-0.4, -0.2) is 14.9 Å². The molecule has 0 radical (unpaired) electrons. The van der Waals surface area contributed by atoms with E-state index in [0.717, 1.165) is 15.7 Å². The first-order valence-electron chi connectivity index (χ1n) is 5.01. The van der Waals surface area contributed by atoms with E-state index in [0.29, 0.717) is 0 Å². The summed E-state index contributed by atoms with van der Waals surface area (Å²) in [4.78, 5) is 0. The van der Waals surface area contributed by atoms with Gasteiger partial charge in [-0.1, -0.05) is 29.8 Å². The lowest BCUT2D eigenvalue weighted by molar-refractivity contribution is 0.209. The predicted molar refractivity (Wildman–Crippen MR) is 66.1 cm³/mol. The van der Waals surface area contributed by atoms with E-state index in [-0.39, 0.29) is 0 Å². The van der Waals surface area contributed by atoms with Crippen LogP contribution in [0.1, 0.15) is 22.9 Å². The van der Waals surface area contributed by atoms with Gasteiger partial charge in [-0.2, -0.15) is 5.10 Å². The number of hydrogen-bond acceptors (Lipinski definition) is 2. The Morgan fingerprint density at radius 1 is 1.31 bits per heavy atom. The molecule has 3 nitrogen and oxygen atoms in total. The molecule has 0 aliphatic carbocycles. The topological polar surface area (TPSA) is 38.1 Å². The summed E-state index contributed by atoms with van der Waals surface area (Å²) in [5.41, 5.74) is 2.82. The summed E-state index contributed by atoms with van der Waals surface area (Å²) >= 11 is 3.39. The number of benzene rings is 1. The first-order chi connectivity index (χ1) is 7.59. The van der Waals surface area contributed by atoms with Crippen LogP contribution in [0.15, 0.2) is 34.9 Å². The van der Waals surface area contributed by atoms with Crippen molar-refractivity contribution in [3.05, 3.63) is 51.8 Å². The average molecular weight is 281 g/mol. The zero-order chi connectivity index (χ0) is 11.7. The van der Waals surface area contributed by atoms with E-state index in [1.807, 2.05) is 38.2 Å². The van der Waals surface area contributed by atoms with Crippen LogP contribution in [0.25, 0.3) is 0 Å². The molecule has 1 unspecified atom stereocenters. The van der Waals surface area contributed by atoms with Crippen molar-refractivity contribution in [2.45, 2.75) is 13.0 Å². The fraction of sp³-hybridized carbons (Fsp3) is 0.250. The van der Waals surface area contributed by atoms with Gasteiger partial charge in [0.25, 0.3) is 0 Å². The Hall–Kier alpha value is -1.13. The SMILES string of the molecule is Cc1ccc(C(O)c2c(Br)cnn2C)cc1. The quantitative estimate of drug-likeness (QED) is 0.918. The maximum Gasteiger partial charge on any atom is 0.122 e. The van der Waals surface area contributed by atoms with Crippen molar-refractivity contribution in [2.24, 2.45) is 7.05 Å². The number of hydrogen-bond donors (Lipinski definition) is 1. The van der Waals surface area contributed by atoms with Gasteiger partial charge in [0, 0.05) is 7.05 Å². The summed E-state index contributed by atoms with van der Waals surface area (Å²) in [7, 11) is 1.82. The Labute approximate surface area is 103 Å². The number of aliphatic hydroxyl groups excluding tert-OH is 1. The van der Waals surface area contributed by atoms with Gasteiger partial charge in [0.15, 0.2) is 0 Å². The third-order valence-electron chi connectivity index (χ3n) is 2.59. The second-order valence-electron chi connectivity index (χ2n) is 3.81. The second kappa shape index (κ2) is 4.39. The van der Waals surface area contributed by atoms with Crippen LogP contribution in [0.4, 0.5) is 0 Å². The Bertz CT molecular complexity index is 471. The highest BCUT2D eigenvalue weighted by atomic mass is 79.9. The van der Waals surface area contributed by atoms with Crippen LogP contribution in [0.2, 0.25) is 0 Å². The molecular formula is C12H13BrN2O. The Morgan fingerprint density at radius 3 is 2.44 bits per heavy atom. The molecule has 1 aromatic heterocycles. The van der Waals surface area contributed by atoms with Crippen molar-refractivity contribution >= 4 is 15.9 Å². The summed E-state index contributed by atoms with van der Waals surface area (Å²) in [5.74, 6) is 0. The van der Waals surface area contributed by atoms with Crippen molar-refractivity contribution in [1.82, 2.24) is 9.78 Å². The van der Waals surface area contributed by atoms with E-state index in [4.69, 9.17) is 0 Å². The lowest BCUT2D eigenvalue weighted by Crippen LogP contribution is -2.07. The van der Waals surface area contributed by atoms with Crippen molar-refractivity contribution < 1.29 is 5.11 Å². The van der Waals surface area contributed by atoms with Crippen LogP contribution in [0.3, 0.4) is 0 Å². The molecule has 0 spiro atoms. The molecule has 0 saturated heterocycles. The van der Waals surface area contributed by atoms with Crippen LogP contribution in [0.5, 0.6) is 0 Å². The standard InChI is InChI=1S/C12H13BrN2O/c1-8-3-5-9(6-4-8)12(16)11-10(13)7-14-15(11)2/h3-7,12,16H,1-2H3. The number of aliphatic hydroxyl groups is 1. The van der Waals surface area contributed by atoms with E-state index < -0.39 is 6.10 Å². The van der Waals surface area contributed by atoms with E-state index in [2.05, 4.69) is 21.0 Å².